The molecule has 1 unspecified atom stereocenters. The van der Waals surface area contributed by atoms with E-state index >= 15 is 0 Å². The van der Waals surface area contributed by atoms with Crippen molar-refractivity contribution in [3.8, 4) is 0 Å². The Kier molecular flexibility index (Phi) is 1.14. The summed E-state index contributed by atoms with van der Waals surface area (Å²) in [5.41, 5.74) is 3.63. The minimum atomic E-state index is 0.994. The standard InChI is InChI=1S/C9H14/c1-7-2-3-9(6-7)8-4-5-8/h7H,2-6H2,1H3. The third-order valence-corrected chi connectivity index (χ3v) is 2.53. The Morgan fingerprint density at radius 1 is 1.11 bits per heavy atom. The Morgan fingerprint density at radius 2 is 1.89 bits per heavy atom. The van der Waals surface area contributed by atoms with E-state index in [4.69, 9.17) is 0 Å². The van der Waals surface area contributed by atoms with Crippen LogP contribution >= 0.6 is 0 Å². The highest BCUT2D eigenvalue weighted by atomic mass is 14.3. The Balaban J connectivity index is 2.09. The fraction of sp³-hybridized carbons (Fsp3) is 0.778. The Hall–Kier alpha value is -0.260. The van der Waals surface area contributed by atoms with Crippen molar-refractivity contribution in [2.24, 2.45) is 5.92 Å². The number of hydrogen-bond donors (Lipinski definition) is 0. The van der Waals surface area contributed by atoms with Crippen LogP contribution in [0.3, 0.4) is 0 Å². The second-order valence-corrected chi connectivity index (χ2v) is 3.56. The largest absolute Gasteiger partial charge is 0.0707 e. The van der Waals surface area contributed by atoms with Crippen molar-refractivity contribution in [3.05, 3.63) is 11.1 Å². The maximum absolute atomic E-state index is 2.37. The summed E-state index contributed by atoms with van der Waals surface area (Å²) in [6.07, 6.45) is 7.18. The van der Waals surface area contributed by atoms with Gasteiger partial charge in [0.05, 0.1) is 0 Å². The second-order valence-electron chi connectivity index (χ2n) is 3.56. The summed E-state index contributed by atoms with van der Waals surface area (Å²) in [6, 6.07) is 0. The summed E-state index contributed by atoms with van der Waals surface area (Å²) in [4.78, 5) is 0. The molecule has 0 aromatic carbocycles. The zero-order chi connectivity index (χ0) is 6.27. The van der Waals surface area contributed by atoms with Crippen molar-refractivity contribution >= 4 is 0 Å². The molecule has 0 amide bonds. The quantitative estimate of drug-likeness (QED) is 0.433. The molecule has 50 valence electrons. The fourth-order valence-corrected chi connectivity index (χ4v) is 1.78. The summed E-state index contributed by atoms with van der Waals surface area (Å²) in [5.74, 6) is 0.994. The van der Waals surface area contributed by atoms with E-state index in [0.717, 1.165) is 5.92 Å². The molecule has 0 aromatic rings. The molecule has 2 saturated carbocycles. The summed E-state index contributed by atoms with van der Waals surface area (Å²) in [5, 5.41) is 0. The molecule has 0 bridgehead atoms. The first-order valence-electron chi connectivity index (χ1n) is 4.06. The molecular formula is C9H14. The number of hydrogen-bond acceptors (Lipinski definition) is 0. The van der Waals surface area contributed by atoms with Crippen LogP contribution in [0.4, 0.5) is 0 Å². The van der Waals surface area contributed by atoms with Crippen LogP contribution in [0, 0.1) is 5.92 Å². The van der Waals surface area contributed by atoms with Crippen molar-refractivity contribution < 1.29 is 0 Å². The van der Waals surface area contributed by atoms with E-state index in [2.05, 4.69) is 6.92 Å². The lowest BCUT2D eigenvalue weighted by Gasteiger charge is -1.93. The highest BCUT2D eigenvalue weighted by molar-refractivity contribution is 5.27. The maximum atomic E-state index is 2.37. The van der Waals surface area contributed by atoms with Crippen molar-refractivity contribution in [1.82, 2.24) is 0 Å². The van der Waals surface area contributed by atoms with Crippen LogP contribution < -0.4 is 0 Å². The fourth-order valence-electron chi connectivity index (χ4n) is 1.78. The molecule has 0 spiro atoms. The van der Waals surface area contributed by atoms with Gasteiger partial charge in [-0.1, -0.05) is 18.1 Å². The molecule has 0 heteroatoms. The molecule has 2 rings (SSSR count). The van der Waals surface area contributed by atoms with Gasteiger partial charge in [-0.05, 0) is 38.0 Å². The SMILES string of the molecule is CC1CCC(=C2CC2)C1. The Morgan fingerprint density at radius 3 is 2.33 bits per heavy atom. The highest BCUT2D eigenvalue weighted by Gasteiger charge is 2.23. The molecule has 0 aromatic heterocycles. The Labute approximate surface area is 57.0 Å². The van der Waals surface area contributed by atoms with Gasteiger partial charge in [-0.15, -0.1) is 0 Å². The number of rotatable bonds is 0. The van der Waals surface area contributed by atoms with Crippen LogP contribution in [0.15, 0.2) is 11.1 Å². The van der Waals surface area contributed by atoms with Crippen LogP contribution in [-0.2, 0) is 0 Å². The van der Waals surface area contributed by atoms with Crippen LogP contribution in [0.1, 0.15) is 39.0 Å². The second kappa shape index (κ2) is 1.86. The smallest absolute Gasteiger partial charge is 0.0280 e. The van der Waals surface area contributed by atoms with E-state index in [1.54, 1.807) is 5.57 Å². The molecule has 9 heavy (non-hydrogen) atoms. The summed E-state index contributed by atoms with van der Waals surface area (Å²) < 4.78 is 0. The van der Waals surface area contributed by atoms with Crippen molar-refractivity contribution in [3.63, 3.8) is 0 Å². The van der Waals surface area contributed by atoms with Gasteiger partial charge in [0, 0.05) is 0 Å². The lowest BCUT2D eigenvalue weighted by Crippen LogP contribution is -1.80. The molecule has 2 aliphatic rings. The van der Waals surface area contributed by atoms with E-state index in [1.807, 2.05) is 5.57 Å². The lowest BCUT2D eigenvalue weighted by atomic mass is 10.1. The molecule has 2 aliphatic carbocycles. The van der Waals surface area contributed by atoms with E-state index in [9.17, 15) is 0 Å². The first-order chi connectivity index (χ1) is 4.36. The third-order valence-electron chi connectivity index (χ3n) is 2.53. The zero-order valence-electron chi connectivity index (χ0n) is 6.11. The van der Waals surface area contributed by atoms with Crippen molar-refractivity contribution in [1.29, 1.82) is 0 Å². The third kappa shape index (κ3) is 1.03. The average Bonchev–Trinajstić information content (AvgIpc) is 2.58. The molecular weight excluding hydrogens is 108 g/mol. The summed E-state index contributed by atoms with van der Waals surface area (Å²) in [6.45, 7) is 2.37. The van der Waals surface area contributed by atoms with E-state index in [1.165, 1.54) is 32.1 Å². The minimum Gasteiger partial charge on any atom is -0.0707 e. The summed E-state index contributed by atoms with van der Waals surface area (Å²) >= 11 is 0. The average molecular weight is 122 g/mol. The topological polar surface area (TPSA) is 0 Å². The molecule has 0 nitrogen and oxygen atoms in total. The maximum Gasteiger partial charge on any atom is -0.0280 e. The predicted molar refractivity (Wildman–Crippen MR) is 39.3 cm³/mol. The molecule has 2 fully saturated rings. The van der Waals surface area contributed by atoms with Crippen LogP contribution in [0.5, 0.6) is 0 Å². The minimum absolute atomic E-state index is 0.994. The molecule has 0 radical (unpaired) electrons. The van der Waals surface area contributed by atoms with Gasteiger partial charge in [-0.2, -0.15) is 0 Å². The molecule has 1 atom stereocenters. The van der Waals surface area contributed by atoms with Gasteiger partial charge < -0.3 is 0 Å². The molecule has 0 saturated heterocycles. The van der Waals surface area contributed by atoms with Crippen LogP contribution in [0.25, 0.3) is 0 Å². The van der Waals surface area contributed by atoms with Crippen molar-refractivity contribution in [2.75, 3.05) is 0 Å². The van der Waals surface area contributed by atoms with Gasteiger partial charge in [0.2, 0.25) is 0 Å². The molecule has 0 N–H and O–H groups in total. The lowest BCUT2D eigenvalue weighted by molar-refractivity contribution is 0.620. The normalized spacial score (nSPS) is 33.7. The van der Waals surface area contributed by atoms with Gasteiger partial charge in [0.1, 0.15) is 0 Å². The first kappa shape index (κ1) is 5.52. The Bertz CT molecular complexity index is 147. The monoisotopic (exact) mass is 122 g/mol. The first-order valence-corrected chi connectivity index (χ1v) is 4.06. The van der Waals surface area contributed by atoms with E-state index in [0.29, 0.717) is 0 Å². The zero-order valence-corrected chi connectivity index (χ0v) is 6.11. The summed E-state index contributed by atoms with van der Waals surface area (Å²) in [7, 11) is 0. The predicted octanol–water partition coefficient (Wildman–Crippen LogP) is 2.90. The molecule has 0 aliphatic heterocycles. The van der Waals surface area contributed by atoms with E-state index in [-0.39, 0.29) is 0 Å². The molecule has 0 heterocycles. The van der Waals surface area contributed by atoms with Crippen LogP contribution in [-0.4, -0.2) is 0 Å². The van der Waals surface area contributed by atoms with Gasteiger partial charge in [0.25, 0.3) is 0 Å². The van der Waals surface area contributed by atoms with Gasteiger partial charge in [-0.25, -0.2) is 0 Å². The van der Waals surface area contributed by atoms with E-state index < -0.39 is 0 Å². The highest BCUT2D eigenvalue weighted by Crippen LogP contribution is 2.41. The van der Waals surface area contributed by atoms with Crippen LogP contribution in [0.2, 0.25) is 0 Å². The van der Waals surface area contributed by atoms with Gasteiger partial charge in [-0.3, -0.25) is 0 Å². The number of allylic oxidation sites excluding steroid dienone is 2. The van der Waals surface area contributed by atoms with Gasteiger partial charge in [0.15, 0.2) is 0 Å². The van der Waals surface area contributed by atoms with Crippen molar-refractivity contribution in [2.45, 2.75) is 39.0 Å². The van der Waals surface area contributed by atoms with Gasteiger partial charge >= 0.3 is 0 Å².